The first kappa shape index (κ1) is 39.4. The lowest BCUT2D eigenvalue weighted by molar-refractivity contribution is 0.0658. The Balaban J connectivity index is 1.31. The summed E-state index contributed by atoms with van der Waals surface area (Å²) in [6.07, 6.45) is 0. The van der Waals surface area contributed by atoms with Gasteiger partial charge in [0.05, 0.1) is 35.3 Å². The van der Waals surface area contributed by atoms with Crippen LogP contribution in [0.3, 0.4) is 0 Å². The molecule has 0 amide bonds. The number of nitrogens with one attached hydrogen (secondary N) is 1. The zero-order chi connectivity index (χ0) is 38.7. The van der Waals surface area contributed by atoms with Crippen molar-refractivity contribution in [3.8, 4) is 46.0 Å². The number of hydrogen-bond donors (Lipinski definition) is 5. The van der Waals surface area contributed by atoms with Crippen molar-refractivity contribution in [3.63, 3.8) is 0 Å². The molecule has 1 aliphatic rings. The molecule has 1 fully saturated rings. The predicted molar refractivity (Wildman–Crippen MR) is 214 cm³/mol. The van der Waals surface area contributed by atoms with Crippen molar-refractivity contribution in [3.05, 3.63) is 168 Å². The Kier molecular flexibility index (Phi) is 13.6. The van der Waals surface area contributed by atoms with Crippen LogP contribution in [0, 0.1) is 0 Å². The Hall–Kier alpha value is -4.87. The van der Waals surface area contributed by atoms with Crippen molar-refractivity contribution in [1.29, 1.82) is 0 Å². The van der Waals surface area contributed by atoms with Gasteiger partial charge in [0.2, 0.25) is 5.75 Å². The van der Waals surface area contributed by atoms with E-state index in [1.54, 1.807) is 131 Å². The summed E-state index contributed by atoms with van der Waals surface area (Å²) in [6, 6.07) is 42.7. The second-order valence-electron chi connectivity index (χ2n) is 11.8. The van der Waals surface area contributed by atoms with Gasteiger partial charge in [0.25, 0.3) is 8.45 Å². The van der Waals surface area contributed by atoms with E-state index in [4.69, 9.17) is 28.2 Å². The number of benzene rings is 6. The van der Waals surface area contributed by atoms with E-state index in [1.165, 1.54) is 0 Å². The molecule has 0 saturated carbocycles. The van der Waals surface area contributed by atoms with E-state index in [2.05, 4.69) is 4.86 Å². The highest BCUT2D eigenvalue weighted by molar-refractivity contribution is 7.74. The summed E-state index contributed by atoms with van der Waals surface area (Å²) in [6.45, 7) is -1.05. The molecule has 1 saturated heterocycles. The lowest BCUT2D eigenvalue weighted by Gasteiger charge is -2.42. The fourth-order valence-corrected chi connectivity index (χ4v) is 10.9. The van der Waals surface area contributed by atoms with Gasteiger partial charge in [0.15, 0.2) is 17.2 Å². The Morgan fingerprint density at radius 2 is 0.946 bits per heavy atom. The predicted octanol–water partition coefficient (Wildman–Crippen LogP) is 8.86. The molecule has 1 heterocycles. The van der Waals surface area contributed by atoms with Gasteiger partial charge in [-0.15, -0.1) is 0 Å². The zero-order valence-corrected chi connectivity index (χ0v) is 32.5. The van der Waals surface area contributed by atoms with Gasteiger partial charge < -0.3 is 48.6 Å². The Morgan fingerprint density at radius 3 is 1.57 bits per heavy atom. The van der Waals surface area contributed by atoms with Gasteiger partial charge in [0.1, 0.15) is 23.0 Å². The van der Waals surface area contributed by atoms with Crippen LogP contribution in [0.25, 0.3) is 0 Å². The summed E-state index contributed by atoms with van der Waals surface area (Å²) in [7, 11) is -4.29. The van der Waals surface area contributed by atoms with E-state index >= 15 is 0 Å². The summed E-state index contributed by atoms with van der Waals surface area (Å²) in [5, 5.41) is 40.6. The van der Waals surface area contributed by atoms with Crippen LogP contribution in [0.15, 0.2) is 146 Å². The van der Waals surface area contributed by atoms with E-state index in [9.17, 15) is 20.4 Å². The van der Waals surface area contributed by atoms with Crippen LogP contribution in [0.1, 0.15) is 22.3 Å². The van der Waals surface area contributed by atoms with Crippen molar-refractivity contribution < 1.29 is 48.6 Å². The molecule has 7 rings (SSSR count). The molecule has 56 heavy (non-hydrogen) atoms. The van der Waals surface area contributed by atoms with E-state index in [1.807, 2.05) is 24.3 Å². The SMILES string of the molecule is OCc1ccccc1Oc1cccc(OP2NPN(Oc3ccccc3CO)P(Oc3ccccc3CO)N2Oc2ccccc2)c1Oc1ccccc1CO. The highest BCUT2D eigenvalue weighted by Gasteiger charge is 2.47. The van der Waals surface area contributed by atoms with Crippen molar-refractivity contribution >= 4 is 25.8 Å². The highest BCUT2D eigenvalue weighted by atomic mass is 31.3. The first-order valence-corrected chi connectivity index (χ1v) is 20.6. The minimum Gasteiger partial charge on any atom is -0.453 e. The maximum Gasteiger partial charge on any atom is 0.332 e. The topological polar surface area (TPSA) is 155 Å². The van der Waals surface area contributed by atoms with E-state index in [-0.39, 0.29) is 52.6 Å². The summed E-state index contributed by atoms with van der Waals surface area (Å²) in [5.41, 5.74) is 2.21. The van der Waals surface area contributed by atoms with Gasteiger partial charge in [-0.2, -0.15) is 0 Å². The fourth-order valence-electron chi connectivity index (χ4n) is 5.31. The van der Waals surface area contributed by atoms with Crippen LogP contribution in [0.5, 0.6) is 46.0 Å². The number of aliphatic hydroxyl groups excluding tert-OH is 4. The molecule has 0 bridgehead atoms. The molecular formula is C40H38N3O10P3. The van der Waals surface area contributed by atoms with E-state index < -0.39 is 16.9 Å². The molecule has 5 N–H and O–H groups in total. The van der Waals surface area contributed by atoms with Crippen LogP contribution in [0.4, 0.5) is 0 Å². The quantitative estimate of drug-likeness (QED) is 0.0592. The van der Waals surface area contributed by atoms with Crippen molar-refractivity contribution in [2.45, 2.75) is 26.4 Å². The normalized spacial score (nSPS) is 16.3. The molecule has 16 heteroatoms. The fraction of sp³-hybridized carbons (Fsp3) is 0.100. The lowest BCUT2D eigenvalue weighted by Crippen LogP contribution is -2.37. The van der Waals surface area contributed by atoms with E-state index in [0.717, 1.165) is 0 Å². The largest absolute Gasteiger partial charge is 0.453 e. The van der Waals surface area contributed by atoms with Crippen LogP contribution in [-0.2, 0) is 26.4 Å². The van der Waals surface area contributed by atoms with Gasteiger partial charge in [-0.3, -0.25) is 0 Å². The third-order valence-corrected chi connectivity index (χ3v) is 13.2. The van der Waals surface area contributed by atoms with E-state index in [0.29, 0.717) is 51.0 Å². The maximum atomic E-state index is 10.2. The van der Waals surface area contributed by atoms with Gasteiger partial charge in [-0.1, -0.05) is 97.1 Å². The summed E-state index contributed by atoms with van der Waals surface area (Å²) in [4.78, 5) is 16.5. The highest BCUT2D eigenvalue weighted by Crippen LogP contribution is 2.66. The zero-order valence-electron chi connectivity index (χ0n) is 29.7. The molecule has 6 aromatic carbocycles. The monoisotopic (exact) mass is 813 g/mol. The average molecular weight is 814 g/mol. The van der Waals surface area contributed by atoms with Crippen molar-refractivity contribution in [2.75, 3.05) is 0 Å². The first-order chi connectivity index (χ1) is 27.6. The Bertz CT molecular complexity index is 2210. The summed E-state index contributed by atoms with van der Waals surface area (Å²) >= 11 is 0. The maximum absolute atomic E-state index is 10.2. The van der Waals surface area contributed by atoms with Crippen LogP contribution >= 0.6 is 25.8 Å². The van der Waals surface area contributed by atoms with Crippen LogP contribution in [-0.4, -0.2) is 29.6 Å². The number of rotatable bonds is 16. The third kappa shape index (κ3) is 9.38. The molecule has 3 unspecified atom stereocenters. The molecule has 0 spiro atoms. The molecule has 0 aromatic heterocycles. The molecule has 13 nitrogen and oxygen atoms in total. The number of ether oxygens (including phenoxy) is 2. The molecule has 1 aliphatic heterocycles. The summed E-state index contributed by atoms with van der Waals surface area (Å²) in [5.74, 6) is 2.81. The molecule has 0 aliphatic carbocycles. The van der Waals surface area contributed by atoms with Crippen molar-refractivity contribution in [2.24, 2.45) is 0 Å². The molecule has 288 valence electrons. The van der Waals surface area contributed by atoms with Gasteiger partial charge >= 0.3 is 8.45 Å². The smallest absolute Gasteiger partial charge is 0.332 e. The summed E-state index contributed by atoms with van der Waals surface area (Å²) < 4.78 is 29.6. The molecule has 0 radical (unpaired) electrons. The second kappa shape index (κ2) is 19.3. The van der Waals surface area contributed by atoms with Gasteiger partial charge in [0, 0.05) is 26.9 Å². The average Bonchev–Trinajstić information content (AvgIpc) is 3.24. The third-order valence-electron chi connectivity index (χ3n) is 8.12. The van der Waals surface area contributed by atoms with Crippen LogP contribution < -0.4 is 33.1 Å². The lowest BCUT2D eigenvalue weighted by atomic mass is 10.2. The molecule has 3 atom stereocenters. The molecule has 6 aromatic rings. The Morgan fingerprint density at radius 1 is 0.464 bits per heavy atom. The minimum absolute atomic E-state index is 0.194. The standard InChI is InChI=1S/C40H38N3O10P3/c44-25-29-13-4-8-19-34(29)48-38-23-12-24-39(40(38)49-35-20-9-5-14-30(35)26-45)52-55-41-54-42(51-36-21-10-6-15-31(36)27-46)56(43(55)50-33-17-2-1-3-18-33)53-37-22-11-7-16-32(37)28-47/h1-24,41,44-47,54H,25-28H2. The number of aliphatic hydroxyl groups is 4. The number of nitrogens with zero attached hydrogens (tertiary/aromatic N) is 2. The number of hydrogen-bond acceptors (Lipinski definition) is 13. The minimum atomic E-state index is -2.07. The van der Waals surface area contributed by atoms with Crippen LogP contribution in [0.2, 0.25) is 0 Å². The Labute approximate surface area is 327 Å². The van der Waals surface area contributed by atoms with Crippen molar-refractivity contribution in [1.82, 2.24) is 14.1 Å². The van der Waals surface area contributed by atoms with Gasteiger partial charge in [-0.05, 0) is 53.1 Å². The second-order valence-corrected chi connectivity index (χ2v) is 16.5. The number of para-hydroxylation sites is 6. The first-order valence-electron chi connectivity index (χ1n) is 17.3. The van der Waals surface area contributed by atoms with Gasteiger partial charge in [-0.25, -0.2) is 4.86 Å². The molecular weight excluding hydrogens is 775 g/mol.